The SMILES string of the molecule is O=c1oc2ccccc2c(Cl)c1/C=N/Nc1ccc([N+](=O)[O-])cc1. The van der Waals surface area contributed by atoms with Gasteiger partial charge in [0.1, 0.15) is 5.58 Å². The van der Waals surface area contributed by atoms with E-state index in [0.717, 1.165) is 0 Å². The second-order valence-corrected chi connectivity index (χ2v) is 5.17. The Morgan fingerprint density at radius 3 is 2.58 bits per heavy atom. The van der Waals surface area contributed by atoms with Gasteiger partial charge < -0.3 is 4.42 Å². The number of halogens is 1. The molecule has 0 bridgehead atoms. The van der Waals surface area contributed by atoms with Gasteiger partial charge in [0.25, 0.3) is 5.69 Å². The Kier molecular flexibility index (Phi) is 4.26. The Balaban J connectivity index is 1.85. The molecule has 3 aromatic rings. The minimum absolute atomic E-state index is 0.0252. The van der Waals surface area contributed by atoms with Gasteiger partial charge in [0, 0.05) is 17.5 Å². The molecule has 8 heteroatoms. The van der Waals surface area contributed by atoms with E-state index in [2.05, 4.69) is 10.5 Å². The summed E-state index contributed by atoms with van der Waals surface area (Å²) in [5, 5.41) is 15.4. The summed E-state index contributed by atoms with van der Waals surface area (Å²) >= 11 is 6.23. The zero-order valence-electron chi connectivity index (χ0n) is 12.1. The van der Waals surface area contributed by atoms with Crippen LogP contribution in [0, 0.1) is 10.1 Å². The third-order valence-electron chi connectivity index (χ3n) is 3.25. The van der Waals surface area contributed by atoms with E-state index >= 15 is 0 Å². The van der Waals surface area contributed by atoms with Crippen molar-refractivity contribution < 1.29 is 9.34 Å². The van der Waals surface area contributed by atoms with E-state index in [9.17, 15) is 14.9 Å². The molecule has 3 rings (SSSR count). The topological polar surface area (TPSA) is 97.7 Å². The Labute approximate surface area is 140 Å². The second kappa shape index (κ2) is 6.51. The van der Waals surface area contributed by atoms with Crippen molar-refractivity contribution in [2.24, 2.45) is 5.10 Å². The zero-order valence-corrected chi connectivity index (χ0v) is 12.9. The van der Waals surface area contributed by atoms with Crippen LogP contribution in [0.25, 0.3) is 11.0 Å². The third-order valence-corrected chi connectivity index (χ3v) is 3.66. The molecule has 0 spiro atoms. The van der Waals surface area contributed by atoms with Gasteiger partial charge >= 0.3 is 5.63 Å². The van der Waals surface area contributed by atoms with Crippen molar-refractivity contribution in [3.63, 3.8) is 0 Å². The number of hydrogen-bond acceptors (Lipinski definition) is 6. The molecule has 1 aromatic heterocycles. The van der Waals surface area contributed by atoms with Crippen molar-refractivity contribution in [3.05, 3.63) is 79.7 Å². The number of rotatable bonds is 4. The van der Waals surface area contributed by atoms with E-state index < -0.39 is 10.5 Å². The number of benzene rings is 2. The van der Waals surface area contributed by atoms with Gasteiger partial charge in [0.15, 0.2) is 0 Å². The maximum Gasteiger partial charge on any atom is 0.346 e. The Bertz CT molecular complexity index is 996. The lowest BCUT2D eigenvalue weighted by molar-refractivity contribution is -0.384. The number of nitro groups is 1. The van der Waals surface area contributed by atoms with Gasteiger partial charge in [-0.05, 0) is 24.3 Å². The average Bonchev–Trinajstić information content (AvgIpc) is 2.58. The average molecular weight is 344 g/mol. The largest absolute Gasteiger partial charge is 0.422 e. The van der Waals surface area contributed by atoms with Crippen LogP contribution in [-0.2, 0) is 0 Å². The highest BCUT2D eigenvalue weighted by atomic mass is 35.5. The fourth-order valence-corrected chi connectivity index (χ4v) is 2.35. The molecule has 1 N–H and O–H groups in total. The molecule has 24 heavy (non-hydrogen) atoms. The van der Waals surface area contributed by atoms with Crippen molar-refractivity contribution in [1.29, 1.82) is 0 Å². The van der Waals surface area contributed by atoms with Crippen LogP contribution in [-0.4, -0.2) is 11.1 Å². The highest BCUT2D eigenvalue weighted by Crippen LogP contribution is 2.23. The molecule has 0 saturated carbocycles. The Morgan fingerprint density at radius 2 is 1.88 bits per heavy atom. The number of hydrogen-bond donors (Lipinski definition) is 1. The highest BCUT2D eigenvalue weighted by molar-refractivity contribution is 6.37. The van der Waals surface area contributed by atoms with Crippen LogP contribution in [0.2, 0.25) is 5.02 Å². The monoisotopic (exact) mass is 343 g/mol. The molecule has 0 atom stereocenters. The normalized spacial score (nSPS) is 11.0. The number of fused-ring (bicyclic) bond motifs is 1. The van der Waals surface area contributed by atoms with Crippen molar-refractivity contribution in [2.75, 3.05) is 5.43 Å². The first-order valence-electron chi connectivity index (χ1n) is 6.81. The van der Waals surface area contributed by atoms with Crippen LogP contribution in [0.15, 0.2) is 62.8 Å². The molecule has 0 unspecified atom stereocenters. The minimum Gasteiger partial charge on any atom is -0.422 e. The predicted molar refractivity (Wildman–Crippen MR) is 91.8 cm³/mol. The lowest BCUT2D eigenvalue weighted by Crippen LogP contribution is -2.08. The first-order chi connectivity index (χ1) is 11.6. The van der Waals surface area contributed by atoms with Crippen molar-refractivity contribution >= 4 is 40.2 Å². The lowest BCUT2D eigenvalue weighted by atomic mass is 10.2. The molecule has 0 aliphatic heterocycles. The summed E-state index contributed by atoms with van der Waals surface area (Å²) in [4.78, 5) is 22.1. The molecule has 0 amide bonds. The Morgan fingerprint density at radius 1 is 1.17 bits per heavy atom. The molecule has 0 saturated heterocycles. The molecule has 7 nitrogen and oxygen atoms in total. The molecule has 0 aliphatic carbocycles. The van der Waals surface area contributed by atoms with E-state index in [0.29, 0.717) is 16.7 Å². The van der Waals surface area contributed by atoms with E-state index in [1.54, 1.807) is 24.3 Å². The molecule has 1 heterocycles. The minimum atomic E-state index is -0.604. The quantitative estimate of drug-likeness (QED) is 0.336. The first-order valence-corrected chi connectivity index (χ1v) is 7.19. The molecular formula is C16H10ClN3O4. The maximum atomic E-state index is 12.0. The summed E-state index contributed by atoms with van der Waals surface area (Å²) in [6.07, 6.45) is 1.25. The summed E-state index contributed by atoms with van der Waals surface area (Å²) in [6.45, 7) is 0. The van der Waals surface area contributed by atoms with Crippen molar-refractivity contribution in [1.82, 2.24) is 0 Å². The fraction of sp³-hybridized carbons (Fsp3) is 0. The van der Waals surface area contributed by atoms with Gasteiger partial charge in [0.05, 0.1) is 27.4 Å². The van der Waals surface area contributed by atoms with Gasteiger partial charge in [-0.15, -0.1) is 0 Å². The summed E-state index contributed by atoms with van der Waals surface area (Å²) in [5.41, 5.74) is 3.08. The predicted octanol–water partition coefficient (Wildman–Crippen LogP) is 3.80. The molecular weight excluding hydrogens is 334 g/mol. The fourth-order valence-electron chi connectivity index (χ4n) is 2.06. The molecule has 2 aromatic carbocycles. The first kappa shape index (κ1) is 15.7. The maximum absolute atomic E-state index is 12.0. The summed E-state index contributed by atoms with van der Waals surface area (Å²) in [6, 6.07) is 12.6. The standard InChI is InChI=1S/C16H10ClN3O4/c17-15-12-3-1-2-4-14(12)24-16(21)13(15)9-18-19-10-5-7-11(8-6-10)20(22)23/h1-9,19H/b18-9+. The lowest BCUT2D eigenvalue weighted by Gasteiger charge is -2.02. The van der Waals surface area contributed by atoms with Crippen molar-refractivity contribution in [2.45, 2.75) is 0 Å². The van der Waals surface area contributed by atoms with E-state index in [1.165, 1.54) is 30.5 Å². The molecule has 0 fully saturated rings. The second-order valence-electron chi connectivity index (χ2n) is 4.79. The molecule has 120 valence electrons. The smallest absolute Gasteiger partial charge is 0.346 e. The van der Waals surface area contributed by atoms with E-state index in [-0.39, 0.29) is 16.3 Å². The van der Waals surface area contributed by atoms with E-state index in [4.69, 9.17) is 16.0 Å². The van der Waals surface area contributed by atoms with Gasteiger partial charge in [-0.2, -0.15) is 5.10 Å². The van der Waals surface area contributed by atoms with Gasteiger partial charge in [-0.1, -0.05) is 23.7 Å². The number of anilines is 1. The molecule has 0 aliphatic rings. The van der Waals surface area contributed by atoms with Gasteiger partial charge in [0.2, 0.25) is 0 Å². The third kappa shape index (κ3) is 3.11. The number of nitro benzene ring substituents is 1. The number of nitrogens with one attached hydrogen (secondary N) is 1. The van der Waals surface area contributed by atoms with Crippen molar-refractivity contribution in [3.8, 4) is 0 Å². The summed E-state index contributed by atoms with van der Waals surface area (Å²) < 4.78 is 5.18. The van der Waals surface area contributed by atoms with Crippen LogP contribution in [0.5, 0.6) is 0 Å². The Hall–Kier alpha value is -3.19. The van der Waals surface area contributed by atoms with Crippen LogP contribution in [0.3, 0.4) is 0 Å². The van der Waals surface area contributed by atoms with E-state index in [1.807, 2.05) is 0 Å². The number of para-hydroxylation sites is 1. The molecule has 0 radical (unpaired) electrons. The number of non-ortho nitro benzene ring substituents is 1. The number of hydrazone groups is 1. The van der Waals surface area contributed by atoms with Crippen LogP contribution in [0.1, 0.15) is 5.56 Å². The van der Waals surface area contributed by atoms with Crippen LogP contribution < -0.4 is 11.1 Å². The summed E-state index contributed by atoms with van der Waals surface area (Å²) in [5.74, 6) is 0. The highest BCUT2D eigenvalue weighted by Gasteiger charge is 2.10. The van der Waals surface area contributed by atoms with Crippen LogP contribution in [0.4, 0.5) is 11.4 Å². The zero-order chi connectivity index (χ0) is 17.1. The number of nitrogens with zero attached hydrogens (tertiary/aromatic N) is 2. The summed E-state index contributed by atoms with van der Waals surface area (Å²) in [7, 11) is 0. The van der Waals surface area contributed by atoms with Gasteiger partial charge in [-0.3, -0.25) is 15.5 Å². The van der Waals surface area contributed by atoms with Gasteiger partial charge in [-0.25, -0.2) is 4.79 Å². The van der Waals surface area contributed by atoms with Crippen LogP contribution >= 0.6 is 11.6 Å².